The molecule has 4 nitrogen and oxygen atoms in total. The SMILES string of the molecule is CC(C)(C=O)c1cnc2cnccn12. The van der Waals surface area contributed by atoms with E-state index < -0.39 is 5.41 Å². The van der Waals surface area contributed by atoms with Gasteiger partial charge in [-0.15, -0.1) is 0 Å². The first kappa shape index (κ1) is 8.87. The summed E-state index contributed by atoms with van der Waals surface area (Å²) in [4.78, 5) is 19.0. The van der Waals surface area contributed by atoms with Crippen LogP contribution in [-0.2, 0) is 10.2 Å². The molecule has 4 heteroatoms. The van der Waals surface area contributed by atoms with Crippen molar-refractivity contribution in [1.82, 2.24) is 14.4 Å². The number of rotatable bonds is 2. The van der Waals surface area contributed by atoms with Crippen LogP contribution < -0.4 is 0 Å². The molecule has 0 saturated carbocycles. The lowest BCUT2D eigenvalue weighted by molar-refractivity contribution is -0.111. The molecule has 0 radical (unpaired) electrons. The van der Waals surface area contributed by atoms with Crippen LogP contribution in [0.4, 0.5) is 0 Å². The fourth-order valence-electron chi connectivity index (χ4n) is 1.38. The minimum absolute atomic E-state index is 0.513. The van der Waals surface area contributed by atoms with E-state index in [2.05, 4.69) is 9.97 Å². The average Bonchev–Trinajstić information content (AvgIpc) is 2.61. The molecule has 0 aromatic carbocycles. The zero-order chi connectivity index (χ0) is 10.2. The predicted octanol–water partition coefficient (Wildman–Crippen LogP) is 1.21. The Hall–Kier alpha value is -1.71. The fraction of sp³-hybridized carbons (Fsp3) is 0.300. The number of carbonyl (C=O) groups excluding carboxylic acids is 1. The normalized spacial score (nSPS) is 11.9. The first-order valence-electron chi connectivity index (χ1n) is 4.39. The summed E-state index contributed by atoms with van der Waals surface area (Å²) in [6.07, 6.45) is 7.80. The minimum Gasteiger partial charge on any atom is -0.302 e. The van der Waals surface area contributed by atoms with Crippen molar-refractivity contribution in [2.75, 3.05) is 0 Å². The van der Waals surface area contributed by atoms with Crippen LogP contribution in [-0.4, -0.2) is 20.7 Å². The molecule has 14 heavy (non-hydrogen) atoms. The van der Waals surface area contributed by atoms with Gasteiger partial charge in [0.1, 0.15) is 6.29 Å². The molecule has 0 saturated heterocycles. The molecule has 0 aliphatic heterocycles. The van der Waals surface area contributed by atoms with E-state index in [1.54, 1.807) is 18.6 Å². The molecule has 0 fully saturated rings. The van der Waals surface area contributed by atoms with E-state index in [-0.39, 0.29) is 0 Å². The van der Waals surface area contributed by atoms with Crippen molar-refractivity contribution < 1.29 is 4.79 Å². The van der Waals surface area contributed by atoms with Crippen molar-refractivity contribution in [2.45, 2.75) is 19.3 Å². The van der Waals surface area contributed by atoms with Gasteiger partial charge in [-0.05, 0) is 13.8 Å². The number of carbonyl (C=O) groups is 1. The van der Waals surface area contributed by atoms with Crippen molar-refractivity contribution in [3.63, 3.8) is 0 Å². The lowest BCUT2D eigenvalue weighted by atomic mass is 9.92. The first-order chi connectivity index (χ1) is 6.65. The van der Waals surface area contributed by atoms with Crippen LogP contribution in [0.1, 0.15) is 19.5 Å². The Balaban J connectivity index is 2.70. The van der Waals surface area contributed by atoms with Crippen LogP contribution in [0.15, 0.2) is 24.8 Å². The summed E-state index contributed by atoms with van der Waals surface area (Å²) < 4.78 is 1.88. The predicted molar refractivity (Wildman–Crippen MR) is 52.1 cm³/mol. The number of imidazole rings is 1. The summed E-state index contributed by atoms with van der Waals surface area (Å²) in [6, 6.07) is 0. The number of hydrogen-bond donors (Lipinski definition) is 0. The lowest BCUT2D eigenvalue weighted by Gasteiger charge is -2.15. The van der Waals surface area contributed by atoms with Crippen LogP contribution in [0.25, 0.3) is 5.65 Å². The fourth-order valence-corrected chi connectivity index (χ4v) is 1.38. The monoisotopic (exact) mass is 189 g/mol. The Bertz CT molecular complexity index is 473. The molecule has 72 valence electrons. The standard InChI is InChI=1S/C10H11N3O/c1-10(2,7-14)8-5-12-9-6-11-3-4-13(8)9/h3-7H,1-2H3. The van der Waals surface area contributed by atoms with Crippen LogP contribution >= 0.6 is 0 Å². The van der Waals surface area contributed by atoms with Gasteiger partial charge in [0.25, 0.3) is 0 Å². The summed E-state index contributed by atoms with van der Waals surface area (Å²) in [7, 11) is 0. The molecule has 2 rings (SSSR count). The van der Waals surface area contributed by atoms with Crippen molar-refractivity contribution in [3.05, 3.63) is 30.5 Å². The molecule has 0 aliphatic carbocycles. The Morgan fingerprint density at radius 3 is 2.93 bits per heavy atom. The molecule has 0 atom stereocenters. The molecule has 0 N–H and O–H groups in total. The van der Waals surface area contributed by atoms with Crippen LogP contribution in [0.2, 0.25) is 0 Å². The van der Waals surface area contributed by atoms with Crippen LogP contribution in [0, 0.1) is 0 Å². The average molecular weight is 189 g/mol. The van der Waals surface area contributed by atoms with E-state index in [9.17, 15) is 4.79 Å². The molecule has 2 aromatic rings. The molecule has 2 aromatic heterocycles. The highest BCUT2D eigenvalue weighted by Gasteiger charge is 2.23. The molecular formula is C10H11N3O. The van der Waals surface area contributed by atoms with Crippen molar-refractivity contribution in [3.8, 4) is 0 Å². The maximum absolute atomic E-state index is 10.9. The highest BCUT2D eigenvalue weighted by molar-refractivity contribution is 5.66. The first-order valence-corrected chi connectivity index (χ1v) is 4.39. The molecule has 0 bridgehead atoms. The van der Waals surface area contributed by atoms with Crippen molar-refractivity contribution in [1.29, 1.82) is 0 Å². The third-order valence-corrected chi connectivity index (χ3v) is 2.27. The summed E-state index contributed by atoms with van der Waals surface area (Å²) >= 11 is 0. The third-order valence-electron chi connectivity index (χ3n) is 2.27. The summed E-state index contributed by atoms with van der Waals surface area (Å²) in [5.41, 5.74) is 1.13. The maximum Gasteiger partial charge on any atom is 0.155 e. The van der Waals surface area contributed by atoms with Crippen LogP contribution in [0.3, 0.4) is 0 Å². The van der Waals surface area contributed by atoms with E-state index in [1.165, 1.54) is 0 Å². The Morgan fingerprint density at radius 2 is 2.21 bits per heavy atom. The summed E-state index contributed by atoms with van der Waals surface area (Å²) in [6.45, 7) is 3.73. The Morgan fingerprint density at radius 1 is 1.43 bits per heavy atom. The van der Waals surface area contributed by atoms with Gasteiger partial charge in [0.05, 0.1) is 23.5 Å². The van der Waals surface area contributed by atoms with Gasteiger partial charge in [-0.1, -0.05) is 0 Å². The van der Waals surface area contributed by atoms with Crippen molar-refractivity contribution >= 4 is 11.9 Å². The summed E-state index contributed by atoms with van der Waals surface area (Å²) in [5, 5.41) is 0. The number of hydrogen-bond acceptors (Lipinski definition) is 3. The molecular weight excluding hydrogens is 178 g/mol. The van der Waals surface area contributed by atoms with Crippen molar-refractivity contribution in [2.24, 2.45) is 0 Å². The second-order valence-corrected chi connectivity index (χ2v) is 3.79. The van der Waals surface area contributed by atoms with E-state index in [0.29, 0.717) is 0 Å². The van der Waals surface area contributed by atoms with E-state index >= 15 is 0 Å². The Kier molecular flexibility index (Phi) is 1.84. The second-order valence-electron chi connectivity index (χ2n) is 3.79. The van der Waals surface area contributed by atoms with E-state index in [4.69, 9.17) is 0 Å². The molecule has 0 amide bonds. The molecule has 0 unspecified atom stereocenters. The van der Waals surface area contributed by atoms with Gasteiger partial charge in [-0.25, -0.2) is 4.98 Å². The van der Waals surface area contributed by atoms with Gasteiger partial charge >= 0.3 is 0 Å². The Labute approximate surface area is 81.6 Å². The zero-order valence-corrected chi connectivity index (χ0v) is 8.14. The molecule has 2 heterocycles. The van der Waals surface area contributed by atoms with Crippen LogP contribution in [0.5, 0.6) is 0 Å². The second kappa shape index (κ2) is 2.90. The van der Waals surface area contributed by atoms with Gasteiger partial charge in [0.15, 0.2) is 5.65 Å². The smallest absolute Gasteiger partial charge is 0.155 e. The number of aromatic nitrogens is 3. The third kappa shape index (κ3) is 1.19. The molecule has 0 spiro atoms. The zero-order valence-electron chi connectivity index (χ0n) is 8.14. The topological polar surface area (TPSA) is 47.3 Å². The van der Waals surface area contributed by atoms with E-state index in [0.717, 1.165) is 17.6 Å². The quantitative estimate of drug-likeness (QED) is 0.667. The highest BCUT2D eigenvalue weighted by atomic mass is 16.1. The number of aldehydes is 1. The summed E-state index contributed by atoms with van der Waals surface area (Å²) in [5.74, 6) is 0. The van der Waals surface area contributed by atoms with Gasteiger partial charge in [0.2, 0.25) is 0 Å². The molecule has 0 aliphatic rings. The highest BCUT2D eigenvalue weighted by Crippen LogP contribution is 2.20. The lowest BCUT2D eigenvalue weighted by Crippen LogP contribution is -2.20. The minimum atomic E-state index is -0.513. The largest absolute Gasteiger partial charge is 0.302 e. The number of fused-ring (bicyclic) bond motifs is 1. The van der Waals surface area contributed by atoms with E-state index in [1.807, 2.05) is 24.4 Å². The van der Waals surface area contributed by atoms with Gasteiger partial charge in [-0.3, -0.25) is 4.98 Å². The number of nitrogens with zero attached hydrogens (tertiary/aromatic N) is 3. The maximum atomic E-state index is 10.9. The van der Waals surface area contributed by atoms with Gasteiger partial charge in [0, 0.05) is 12.4 Å². The van der Waals surface area contributed by atoms with Gasteiger partial charge in [-0.2, -0.15) is 0 Å². The van der Waals surface area contributed by atoms with Gasteiger partial charge < -0.3 is 9.20 Å².